The number of para-hydroxylation sites is 2. The van der Waals surface area contributed by atoms with Crippen molar-refractivity contribution >= 4 is 16.8 Å². The number of aromatic nitrogens is 1. The smallest absolute Gasteiger partial charge is 0.221 e. The minimum atomic E-state index is -0.0777. The maximum Gasteiger partial charge on any atom is 0.221 e. The summed E-state index contributed by atoms with van der Waals surface area (Å²) in [5.74, 6) is 1.55. The number of carbonyl (C=O) groups excluding carboxylic acids is 1. The van der Waals surface area contributed by atoms with Gasteiger partial charge in [-0.15, -0.1) is 0 Å². The van der Waals surface area contributed by atoms with E-state index in [-0.39, 0.29) is 17.9 Å². The Labute approximate surface area is 196 Å². The van der Waals surface area contributed by atoms with Gasteiger partial charge in [0.15, 0.2) is 0 Å². The number of fused-ring (bicyclic) bond motifs is 1. The van der Waals surface area contributed by atoms with Crippen LogP contribution in [0.3, 0.4) is 0 Å². The van der Waals surface area contributed by atoms with E-state index in [1.165, 1.54) is 16.5 Å². The monoisotopic (exact) mass is 440 g/mol. The van der Waals surface area contributed by atoms with Gasteiger partial charge in [-0.05, 0) is 61.7 Å². The molecule has 0 unspecified atom stereocenters. The average Bonchev–Trinajstić information content (AvgIpc) is 3.22. The van der Waals surface area contributed by atoms with E-state index < -0.39 is 0 Å². The highest BCUT2D eigenvalue weighted by Gasteiger charge is 2.23. The highest BCUT2D eigenvalue weighted by molar-refractivity contribution is 5.86. The Morgan fingerprint density at radius 3 is 2.42 bits per heavy atom. The number of rotatable bonds is 9. The van der Waals surface area contributed by atoms with E-state index in [9.17, 15) is 4.79 Å². The molecule has 0 spiro atoms. The van der Waals surface area contributed by atoms with E-state index in [1.807, 2.05) is 49.4 Å². The second-order valence-electron chi connectivity index (χ2n) is 8.51. The molecule has 1 amide bonds. The largest absolute Gasteiger partial charge is 0.457 e. The van der Waals surface area contributed by atoms with Gasteiger partial charge in [-0.25, -0.2) is 0 Å². The number of nitrogens with zero attached hydrogens (tertiary/aromatic N) is 1. The predicted octanol–water partition coefficient (Wildman–Crippen LogP) is 6.89. The average molecular weight is 441 g/mol. The van der Waals surface area contributed by atoms with Crippen molar-refractivity contribution in [2.24, 2.45) is 0 Å². The molecule has 4 aromatic rings. The molecule has 1 N–H and O–H groups in total. The van der Waals surface area contributed by atoms with Crippen LogP contribution in [0.1, 0.15) is 50.7 Å². The molecular weight excluding hydrogens is 408 g/mol. The van der Waals surface area contributed by atoms with Crippen LogP contribution in [-0.2, 0) is 11.3 Å². The third-order valence-electron chi connectivity index (χ3n) is 6.18. The number of nitrogens with one attached hydrogen (secondary N) is 1. The Kier molecular flexibility index (Phi) is 7.13. The van der Waals surface area contributed by atoms with Crippen LogP contribution in [-0.4, -0.2) is 16.5 Å². The summed E-state index contributed by atoms with van der Waals surface area (Å²) in [5.41, 5.74) is 3.43. The molecular formula is C29H32N2O2. The van der Waals surface area contributed by atoms with Crippen molar-refractivity contribution in [3.8, 4) is 11.5 Å². The van der Waals surface area contributed by atoms with Gasteiger partial charge in [-0.3, -0.25) is 4.79 Å². The van der Waals surface area contributed by atoms with Crippen molar-refractivity contribution in [1.29, 1.82) is 0 Å². The Bertz CT molecular complexity index is 1210. The summed E-state index contributed by atoms with van der Waals surface area (Å²) in [4.78, 5) is 13.0. The number of hydrogen-bond donors (Lipinski definition) is 1. The minimum absolute atomic E-state index is 0.0667. The fourth-order valence-corrected chi connectivity index (χ4v) is 4.26. The molecule has 1 aromatic heterocycles. The summed E-state index contributed by atoms with van der Waals surface area (Å²) in [6.45, 7) is 7.16. The molecule has 4 rings (SSSR count). The Morgan fingerprint density at radius 1 is 0.939 bits per heavy atom. The van der Waals surface area contributed by atoms with Gasteiger partial charge in [0.2, 0.25) is 5.91 Å². The van der Waals surface area contributed by atoms with Gasteiger partial charge in [0, 0.05) is 42.0 Å². The first-order valence-corrected chi connectivity index (χ1v) is 11.8. The molecule has 1 heterocycles. The zero-order valence-electron chi connectivity index (χ0n) is 19.6. The van der Waals surface area contributed by atoms with Crippen LogP contribution >= 0.6 is 0 Å². The van der Waals surface area contributed by atoms with Crippen LogP contribution in [0, 0.1) is 0 Å². The zero-order chi connectivity index (χ0) is 23.2. The van der Waals surface area contributed by atoms with Crippen molar-refractivity contribution in [2.75, 3.05) is 0 Å². The van der Waals surface area contributed by atoms with Crippen molar-refractivity contribution in [3.05, 3.63) is 96.2 Å². The lowest BCUT2D eigenvalue weighted by Gasteiger charge is -2.20. The van der Waals surface area contributed by atoms with Gasteiger partial charge < -0.3 is 14.6 Å². The van der Waals surface area contributed by atoms with E-state index in [4.69, 9.17) is 4.74 Å². The molecule has 0 radical (unpaired) electrons. The molecule has 4 nitrogen and oxygen atoms in total. The van der Waals surface area contributed by atoms with Crippen molar-refractivity contribution < 1.29 is 9.53 Å². The minimum Gasteiger partial charge on any atom is -0.457 e. The van der Waals surface area contributed by atoms with Gasteiger partial charge in [-0.1, -0.05) is 55.5 Å². The topological polar surface area (TPSA) is 43.3 Å². The van der Waals surface area contributed by atoms with Crippen LogP contribution in [0.2, 0.25) is 0 Å². The number of hydrogen-bond acceptors (Lipinski definition) is 2. The first-order chi connectivity index (χ1) is 16.1. The molecule has 0 aliphatic carbocycles. The van der Waals surface area contributed by atoms with Crippen LogP contribution in [0.15, 0.2) is 85.1 Å². The summed E-state index contributed by atoms with van der Waals surface area (Å²) in [5, 5.41) is 4.34. The van der Waals surface area contributed by atoms with Gasteiger partial charge in [0.1, 0.15) is 11.5 Å². The number of aryl methyl sites for hydroxylation is 1. The van der Waals surface area contributed by atoms with E-state index in [1.54, 1.807) is 0 Å². The highest BCUT2D eigenvalue weighted by Crippen LogP contribution is 2.36. The summed E-state index contributed by atoms with van der Waals surface area (Å²) < 4.78 is 8.36. The standard InChI is InChI=1S/C29H32N2O2/c1-4-21(3)30-29(32)19-26(27-20-31(5-2)28-17-10-9-16-25(27)28)22-12-11-15-24(18-22)33-23-13-7-6-8-14-23/h6-18,20-21,26H,4-5,19H2,1-3H3,(H,30,32)/t21-,26-/m0/s1. The lowest BCUT2D eigenvalue weighted by atomic mass is 9.87. The van der Waals surface area contributed by atoms with Crippen molar-refractivity contribution in [1.82, 2.24) is 9.88 Å². The molecule has 4 heteroatoms. The van der Waals surface area contributed by atoms with Crippen molar-refractivity contribution in [3.63, 3.8) is 0 Å². The predicted molar refractivity (Wildman–Crippen MR) is 135 cm³/mol. The molecule has 33 heavy (non-hydrogen) atoms. The Balaban J connectivity index is 1.74. The van der Waals surface area contributed by atoms with E-state index >= 15 is 0 Å². The van der Waals surface area contributed by atoms with E-state index in [0.717, 1.165) is 30.0 Å². The Hall–Kier alpha value is -3.53. The number of ether oxygens (including phenoxy) is 1. The molecule has 170 valence electrons. The second-order valence-corrected chi connectivity index (χ2v) is 8.51. The second kappa shape index (κ2) is 10.4. The zero-order valence-corrected chi connectivity index (χ0v) is 19.6. The lowest BCUT2D eigenvalue weighted by Crippen LogP contribution is -2.33. The molecule has 2 atom stereocenters. The highest BCUT2D eigenvalue weighted by atomic mass is 16.5. The molecule has 0 aliphatic rings. The van der Waals surface area contributed by atoms with Crippen LogP contribution < -0.4 is 10.1 Å². The number of carbonyl (C=O) groups is 1. The van der Waals surface area contributed by atoms with Gasteiger partial charge in [0.25, 0.3) is 0 Å². The van der Waals surface area contributed by atoms with Gasteiger partial charge in [-0.2, -0.15) is 0 Å². The first kappa shape index (κ1) is 22.7. The fourth-order valence-electron chi connectivity index (χ4n) is 4.26. The quantitative estimate of drug-likeness (QED) is 0.308. The molecule has 0 saturated heterocycles. The number of amides is 1. The summed E-state index contributed by atoms with van der Waals surface area (Å²) in [6.07, 6.45) is 3.50. The van der Waals surface area contributed by atoms with Crippen LogP contribution in [0.5, 0.6) is 11.5 Å². The summed E-state index contributed by atoms with van der Waals surface area (Å²) in [6, 6.07) is 26.5. The summed E-state index contributed by atoms with van der Waals surface area (Å²) in [7, 11) is 0. The van der Waals surface area contributed by atoms with Gasteiger partial charge in [0.05, 0.1) is 0 Å². The third kappa shape index (κ3) is 5.28. The molecule has 0 aliphatic heterocycles. The number of benzene rings is 3. The summed E-state index contributed by atoms with van der Waals surface area (Å²) >= 11 is 0. The fraction of sp³-hybridized carbons (Fsp3) is 0.276. The van der Waals surface area contributed by atoms with Crippen LogP contribution in [0.4, 0.5) is 0 Å². The van der Waals surface area contributed by atoms with E-state index in [0.29, 0.717) is 6.42 Å². The van der Waals surface area contributed by atoms with Crippen molar-refractivity contribution in [2.45, 2.75) is 52.1 Å². The van der Waals surface area contributed by atoms with Crippen LogP contribution in [0.25, 0.3) is 10.9 Å². The molecule has 3 aromatic carbocycles. The normalized spacial score (nSPS) is 12.9. The molecule has 0 fully saturated rings. The molecule has 0 bridgehead atoms. The first-order valence-electron chi connectivity index (χ1n) is 11.8. The third-order valence-corrected chi connectivity index (χ3v) is 6.18. The van der Waals surface area contributed by atoms with E-state index in [2.05, 4.69) is 66.3 Å². The van der Waals surface area contributed by atoms with Gasteiger partial charge >= 0.3 is 0 Å². The maximum absolute atomic E-state index is 13.0. The lowest BCUT2D eigenvalue weighted by molar-refractivity contribution is -0.121. The SMILES string of the molecule is CC[C@H](C)NC(=O)C[C@@H](c1cccc(Oc2ccccc2)c1)c1cn(CC)c2ccccc12. The molecule has 0 saturated carbocycles. The Morgan fingerprint density at radius 2 is 1.67 bits per heavy atom. The maximum atomic E-state index is 13.0.